The van der Waals surface area contributed by atoms with Crippen LogP contribution in [-0.2, 0) is 4.79 Å². The lowest BCUT2D eigenvalue weighted by molar-refractivity contribution is -0.141. The van der Waals surface area contributed by atoms with Crippen LogP contribution >= 0.6 is 23.4 Å². The molecule has 0 spiro atoms. The Hall–Kier alpha value is -2.96. The Balaban J connectivity index is 1.65. The highest BCUT2D eigenvalue weighted by Gasteiger charge is 2.42. The summed E-state index contributed by atoms with van der Waals surface area (Å²) in [5, 5.41) is 9.90. The summed E-state index contributed by atoms with van der Waals surface area (Å²) >= 11 is 7.43. The van der Waals surface area contributed by atoms with E-state index in [2.05, 4.69) is 0 Å². The van der Waals surface area contributed by atoms with E-state index in [1.165, 1.54) is 16.7 Å². The molecule has 31 heavy (non-hydrogen) atoms. The van der Waals surface area contributed by atoms with Gasteiger partial charge in [0.25, 0.3) is 5.91 Å². The molecule has 1 amide bonds. The van der Waals surface area contributed by atoms with Crippen molar-refractivity contribution in [2.24, 2.45) is 0 Å². The summed E-state index contributed by atoms with van der Waals surface area (Å²) in [6.45, 7) is 0. The van der Waals surface area contributed by atoms with Crippen LogP contribution in [0.2, 0.25) is 5.02 Å². The van der Waals surface area contributed by atoms with E-state index < -0.39 is 12.0 Å². The van der Waals surface area contributed by atoms with Crippen LogP contribution in [0.15, 0.2) is 72.8 Å². The molecule has 3 aromatic rings. The predicted octanol–water partition coefficient (Wildman–Crippen LogP) is 5.36. The monoisotopic (exact) mass is 453 g/mol. The van der Waals surface area contributed by atoms with Crippen molar-refractivity contribution in [1.82, 2.24) is 4.90 Å². The van der Waals surface area contributed by atoms with Crippen molar-refractivity contribution in [1.29, 1.82) is 0 Å². The third kappa shape index (κ3) is 4.27. The molecule has 1 aliphatic rings. The van der Waals surface area contributed by atoms with Crippen molar-refractivity contribution in [2.45, 2.75) is 11.4 Å². The van der Waals surface area contributed by atoms with Gasteiger partial charge < -0.3 is 14.7 Å². The van der Waals surface area contributed by atoms with E-state index in [0.717, 1.165) is 22.4 Å². The number of ether oxygens (including phenoxy) is 1. The van der Waals surface area contributed by atoms with Crippen molar-refractivity contribution >= 4 is 35.2 Å². The molecule has 158 valence electrons. The number of aliphatic carboxylic acids is 1. The quantitative estimate of drug-likeness (QED) is 0.563. The van der Waals surface area contributed by atoms with Crippen molar-refractivity contribution in [3.05, 3.63) is 88.9 Å². The summed E-state index contributed by atoms with van der Waals surface area (Å²) in [7, 11) is 1.62. The number of carbonyl (C=O) groups is 2. The highest BCUT2D eigenvalue weighted by molar-refractivity contribution is 7.99. The van der Waals surface area contributed by atoms with Crippen molar-refractivity contribution in [2.75, 3.05) is 12.9 Å². The summed E-state index contributed by atoms with van der Waals surface area (Å²) in [5.74, 6) is -0.258. The normalized spacial score (nSPS) is 18.1. The van der Waals surface area contributed by atoms with Gasteiger partial charge in [-0.3, -0.25) is 4.79 Å². The van der Waals surface area contributed by atoms with Crippen LogP contribution in [0.25, 0.3) is 11.1 Å². The summed E-state index contributed by atoms with van der Waals surface area (Å²) in [4.78, 5) is 26.7. The first-order valence-electron chi connectivity index (χ1n) is 9.65. The van der Waals surface area contributed by atoms with E-state index in [1.54, 1.807) is 31.4 Å². The molecular weight excluding hydrogens is 434 g/mol. The number of benzene rings is 3. The van der Waals surface area contributed by atoms with Gasteiger partial charge in [0.1, 0.15) is 17.2 Å². The average Bonchev–Trinajstić information content (AvgIpc) is 3.24. The molecule has 0 bridgehead atoms. The third-order valence-corrected chi connectivity index (χ3v) is 6.80. The first kappa shape index (κ1) is 21.3. The zero-order valence-electron chi connectivity index (χ0n) is 16.7. The van der Waals surface area contributed by atoms with Gasteiger partial charge in [-0.05, 0) is 41.5 Å². The topological polar surface area (TPSA) is 66.8 Å². The average molecular weight is 454 g/mol. The van der Waals surface area contributed by atoms with Gasteiger partial charge >= 0.3 is 5.97 Å². The third-order valence-electron chi connectivity index (χ3n) is 5.22. The molecule has 1 fully saturated rings. The number of rotatable bonds is 5. The van der Waals surface area contributed by atoms with Crippen LogP contribution in [0.3, 0.4) is 0 Å². The van der Waals surface area contributed by atoms with Gasteiger partial charge in [-0.1, -0.05) is 54.1 Å². The molecule has 1 heterocycles. The molecule has 5 nitrogen and oxygen atoms in total. The Kier molecular flexibility index (Phi) is 6.20. The molecule has 0 aromatic heterocycles. The number of halogens is 1. The minimum atomic E-state index is -1.01. The van der Waals surface area contributed by atoms with Crippen LogP contribution < -0.4 is 4.74 Å². The molecule has 0 saturated carbocycles. The number of amides is 1. The number of carboxylic acid groups (broad SMARTS) is 1. The molecule has 0 aliphatic carbocycles. The molecule has 2 atom stereocenters. The Bertz CT molecular complexity index is 1100. The SMILES string of the molecule is COc1ccccc1-c1ccc(C(=O)N2[C@@H](c3ccc(Cl)cc3)SC[C@H]2C(=O)O)cc1. The Morgan fingerprint density at radius 1 is 1.03 bits per heavy atom. The molecule has 1 saturated heterocycles. The molecule has 7 heteroatoms. The van der Waals surface area contributed by atoms with E-state index in [9.17, 15) is 14.7 Å². The highest BCUT2D eigenvalue weighted by Crippen LogP contribution is 2.42. The van der Waals surface area contributed by atoms with E-state index >= 15 is 0 Å². The molecule has 4 rings (SSSR count). The van der Waals surface area contributed by atoms with E-state index in [0.29, 0.717) is 16.3 Å². The zero-order chi connectivity index (χ0) is 22.0. The number of hydrogen-bond acceptors (Lipinski definition) is 4. The highest BCUT2D eigenvalue weighted by atomic mass is 35.5. The zero-order valence-corrected chi connectivity index (χ0v) is 18.3. The second kappa shape index (κ2) is 9.04. The fraction of sp³-hybridized carbons (Fsp3) is 0.167. The van der Waals surface area contributed by atoms with E-state index in [1.807, 2.05) is 48.5 Å². The van der Waals surface area contributed by atoms with Gasteiger partial charge in [-0.15, -0.1) is 11.8 Å². The van der Waals surface area contributed by atoms with Crippen LogP contribution in [0.1, 0.15) is 21.3 Å². The Morgan fingerprint density at radius 2 is 1.71 bits per heavy atom. The number of para-hydroxylation sites is 1. The van der Waals surface area contributed by atoms with Gasteiger partial charge in [-0.25, -0.2) is 4.79 Å². The van der Waals surface area contributed by atoms with Crippen LogP contribution in [0, 0.1) is 0 Å². The summed E-state index contributed by atoms with van der Waals surface area (Å²) < 4.78 is 5.42. The standard InChI is InChI=1S/C24H20ClNO4S/c1-30-21-5-3-2-4-19(21)15-6-8-16(9-7-15)22(27)26-20(24(28)29)14-31-23(26)17-10-12-18(25)13-11-17/h2-13,20,23H,14H2,1H3,(H,28,29)/t20-,23+/m0/s1. The van der Waals surface area contributed by atoms with Crippen LogP contribution in [0.4, 0.5) is 0 Å². The summed E-state index contributed by atoms with van der Waals surface area (Å²) in [5.41, 5.74) is 3.11. The minimum absolute atomic E-state index is 0.316. The Labute approximate surface area is 189 Å². The smallest absolute Gasteiger partial charge is 0.327 e. The molecule has 0 radical (unpaired) electrons. The van der Waals surface area contributed by atoms with Crippen molar-refractivity contribution < 1.29 is 19.4 Å². The molecule has 1 aliphatic heterocycles. The minimum Gasteiger partial charge on any atom is -0.496 e. The Morgan fingerprint density at radius 3 is 2.35 bits per heavy atom. The van der Waals surface area contributed by atoms with Crippen LogP contribution in [0.5, 0.6) is 5.75 Å². The maximum Gasteiger partial charge on any atom is 0.327 e. The number of carbonyl (C=O) groups excluding carboxylic acids is 1. The molecule has 0 unspecified atom stereocenters. The second-order valence-corrected chi connectivity index (χ2v) is 8.63. The predicted molar refractivity (Wildman–Crippen MR) is 123 cm³/mol. The van der Waals surface area contributed by atoms with Crippen molar-refractivity contribution in [3.63, 3.8) is 0 Å². The molecule has 3 aromatic carbocycles. The lowest BCUT2D eigenvalue weighted by Crippen LogP contribution is -2.42. The number of carboxylic acids is 1. The van der Waals surface area contributed by atoms with E-state index in [4.69, 9.17) is 16.3 Å². The first-order valence-corrected chi connectivity index (χ1v) is 11.1. The van der Waals surface area contributed by atoms with Gasteiger partial charge in [-0.2, -0.15) is 0 Å². The maximum atomic E-state index is 13.4. The lowest BCUT2D eigenvalue weighted by Gasteiger charge is -2.28. The van der Waals surface area contributed by atoms with Crippen molar-refractivity contribution in [3.8, 4) is 16.9 Å². The van der Waals surface area contributed by atoms with E-state index in [-0.39, 0.29) is 11.3 Å². The largest absolute Gasteiger partial charge is 0.496 e. The lowest BCUT2D eigenvalue weighted by atomic mass is 10.0. The maximum absolute atomic E-state index is 13.4. The number of hydrogen-bond donors (Lipinski definition) is 1. The summed E-state index contributed by atoms with van der Waals surface area (Å²) in [6.07, 6.45) is 0. The number of nitrogens with zero attached hydrogens (tertiary/aromatic N) is 1. The molecule has 1 N–H and O–H groups in total. The second-order valence-electron chi connectivity index (χ2n) is 7.08. The van der Waals surface area contributed by atoms with Gasteiger partial charge in [0.2, 0.25) is 0 Å². The van der Waals surface area contributed by atoms with Gasteiger partial charge in [0.05, 0.1) is 7.11 Å². The fourth-order valence-electron chi connectivity index (χ4n) is 3.65. The number of methoxy groups -OCH3 is 1. The number of thioether (sulfide) groups is 1. The molecular formula is C24H20ClNO4S. The van der Waals surface area contributed by atoms with Crippen LogP contribution in [-0.4, -0.2) is 40.8 Å². The summed E-state index contributed by atoms with van der Waals surface area (Å²) in [6, 6.07) is 21.1. The first-order chi connectivity index (χ1) is 15.0. The van der Waals surface area contributed by atoms with Gasteiger partial charge in [0, 0.05) is 21.9 Å². The fourth-order valence-corrected chi connectivity index (χ4v) is 5.20. The van der Waals surface area contributed by atoms with Gasteiger partial charge in [0.15, 0.2) is 0 Å².